The smallest absolute Gasteiger partial charge is 0.240 e. The van der Waals surface area contributed by atoms with E-state index in [0.29, 0.717) is 32.1 Å². The highest BCUT2D eigenvalue weighted by molar-refractivity contribution is 7.89. The fraction of sp³-hybridized carbons (Fsp3) is 0.455. The van der Waals surface area contributed by atoms with Gasteiger partial charge in [-0.2, -0.15) is 0 Å². The van der Waals surface area contributed by atoms with E-state index in [9.17, 15) is 8.42 Å². The molecule has 1 saturated heterocycles. The third kappa shape index (κ3) is 6.52. The molecule has 0 aliphatic carbocycles. The van der Waals surface area contributed by atoms with Gasteiger partial charge in [-0.15, -0.1) is 0 Å². The van der Waals surface area contributed by atoms with Crippen LogP contribution < -0.4 is 9.46 Å². The van der Waals surface area contributed by atoms with Crippen LogP contribution in [0.1, 0.15) is 11.1 Å². The highest BCUT2D eigenvalue weighted by atomic mass is 32.2. The Balaban J connectivity index is 1.54. The number of benzene rings is 2. The zero-order valence-electron chi connectivity index (χ0n) is 17.5. The predicted molar refractivity (Wildman–Crippen MR) is 115 cm³/mol. The number of ether oxygens (including phenoxy) is 3. The van der Waals surface area contributed by atoms with Crippen molar-refractivity contribution < 1.29 is 22.6 Å². The van der Waals surface area contributed by atoms with Crippen LogP contribution in [0.3, 0.4) is 0 Å². The van der Waals surface area contributed by atoms with Gasteiger partial charge in [-0.25, -0.2) is 13.1 Å². The molecule has 0 saturated carbocycles. The van der Waals surface area contributed by atoms with Crippen LogP contribution in [0.15, 0.2) is 53.4 Å². The Morgan fingerprint density at radius 2 is 1.97 bits per heavy atom. The molecule has 1 fully saturated rings. The van der Waals surface area contributed by atoms with Gasteiger partial charge in [0.1, 0.15) is 12.4 Å². The first kappa shape index (κ1) is 22.7. The average Bonchev–Trinajstić information content (AvgIpc) is 2.74. The zero-order chi connectivity index (χ0) is 21.4. The molecule has 1 aliphatic rings. The standard InChI is InChI=1S/C22H30N2O5S/c1-18-14-21(8-9-22(18)29-13-12-27-2)30(25,26)23-15-20-17-24(10-11-28-20)16-19-6-4-3-5-7-19/h3-9,14,20,23H,10-13,15-17H2,1-2H3. The second-order valence-electron chi connectivity index (χ2n) is 7.33. The Morgan fingerprint density at radius 3 is 2.70 bits per heavy atom. The van der Waals surface area contributed by atoms with E-state index in [1.807, 2.05) is 25.1 Å². The average molecular weight is 435 g/mol. The molecule has 0 bridgehead atoms. The van der Waals surface area contributed by atoms with E-state index < -0.39 is 10.0 Å². The molecule has 1 unspecified atom stereocenters. The normalized spacial score (nSPS) is 17.7. The summed E-state index contributed by atoms with van der Waals surface area (Å²) in [6.07, 6.45) is -0.185. The molecule has 1 aliphatic heterocycles. The molecule has 30 heavy (non-hydrogen) atoms. The minimum absolute atomic E-state index is 0.185. The maximum absolute atomic E-state index is 12.7. The first-order valence-corrected chi connectivity index (χ1v) is 11.6. The number of rotatable bonds is 10. The largest absolute Gasteiger partial charge is 0.491 e. The fourth-order valence-corrected chi connectivity index (χ4v) is 4.51. The summed E-state index contributed by atoms with van der Waals surface area (Å²) in [7, 11) is -2.02. The molecule has 0 aromatic heterocycles. The molecule has 1 heterocycles. The van der Waals surface area contributed by atoms with E-state index in [2.05, 4.69) is 21.8 Å². The van der Waals surface area contributed by atoms with E-state index in [4.69, 9.17) is 14.2 Å². The Morgan fingerprint density at radius 1 is 1.17 bits per heavy atom. The first-order chi connectivity index (χ1) is 14.5. The minimum atomic E-state index is -3.63. The summed E-state index contributed by atoms with van der Waals surface area (Å²) in [5, 5.41) is 0. The van der Waals surface area contributed by atoms with Crippen molar-refractivity contribution in [1.29, 1.82) is 0 Å². The number of sulfonamides is 1. The summed E-state index contributed by atoms with van der Waals surface area (Å²) in [5.74, 6) is 0.651. The van der Waals surface area contributed by atoms with Crippen LogP contribution in [0.5, 0.6) is 5.75 Å². The lowest BCUT2D eigenvalue weighted by atomic mass is 10.2. The number of nitrogens with zero attached hydrogens (tertiary/aromatic N) is 1. The maximum atomic E-state index is 12.7. The van der Waals surface area contributed by atoms with Gasteiger partial charge in [0, 0.05) is 33.3 Å². The summed E-state index contributed by atoms with van der Waals surface area (Å²) in [6.45, 7) is 5.89. The molecule has 7 nitrogen and oxygen atoms in total. The number of morpholine rings is 1. The molecule has 0 amide bonds. The van der Waals surface area contributed by atoms with Crippen LogP contribution >= 0.6 is 0 Å². The Hall–Kier alpha value is -1.97. The van der Waals surface area contributed by atoms with Gasteiger partial charge >= 0.3 is 0 Å². The molecule has 1 N–H and O–H groups in total. The van der Waals surface area contributed by atoms with Crippen LogP contribution in [0, 0.1) is 6.92 Å². The SMILES string of the molecule is COCCOc1ccc(S(=O)(=O)NCC2CN(Cc3ccccc3)CCO2)cc1C. The number of methoxy groups -OCH3 is 1. The quantitative estimate of drug-likeness (QED) is 0.578. The van der Waals surface area contributed by atoms with Crippen LogP contribution in [0.4, 0.5) is 0 Å². The van der Waals surface area contributed by atoms with Crippen molar-refractivity contribution in [3.8, 4) is 5.75 Å². The van der Waals surface area contributed by atoms with Gasteiger partial charge in [-0.1, -0.05) is 30.3 Å². The van der Waals surface area contributed by atoms with Crippen molar-refractivity contribution in [2.24, 2.45) is 0 Å². The topological polar surface area (TPSA) is 77.1 Å². The molecule has 0 spiro atoms. The van der Waals surface area contributed by atoms with Crippen LogP contribution in [0.2, 0.25) is 0 Å². The van der Waals surface area contributed by atoms with Crippen molar-refractivity contribution in [2.45, 2.75) is 24.5 Å². The molecular weight excluding hydrogens is 404 g/mol. The molecule has 2 aromatic carbocycles. The lowest BCUT2D eigenvalue weighted by Crippen LogP contribution is -2.47. The number of aryl methyl sites for hydroxylation is 1. The van der Waals surface area contributed by atoms with E-state index in [-0.39, 0.29) is 17.5 Å². The van der Waals surface area contributed by atoms with E-state index in [0.717, 1.165) is 18.7 Å². The fourth-order valence-electron chi connectivity index (χ4n) is 3.36. The number of hydrogen-bond acceptors (Lipinski definition) is 6. The third-order valence-corrected chi connectivity index (χ3v) is 6.40. The lowest BCUT2D eigenvalue weighted by Gasteiger charge is -2.33. The Kier molecular flexibility index (Phi) is 8.24. The van der Waals surface area contributed by atoms with Crippen molar-refractivity contribution in [1.82, 2.24) is 9.62 Å². The van der Waals surface area contributed by atoms with Crippen LogP contribution in [-0.4, -0.2) is 66.0 Å². The van der Waals surface area contributed by atoms with Gasteiger partial charge < -0.3 is 14.2 Å². The summed E-state index contributed by atoms with van der Waals surface area (Å²) in [4.78, 5) is 2.50. The first-order valence-electron chi connectivity index (χ1n) is 10.1. The zero-order valence-corrected chi connectivity index (χ0v) is 18.4. The molecule has 2 aromatic rings. The third-order valence-electron chi connectivity index (χ3n) is 4.97. The van der Waals surface area contributed by atoms with Gasteiger partial charge in [-0.3, -0.25) is 4.90 Å². The summed E-state index contributed by atoms with van der Waals surface area (Å²) in [5.41, 5.74) is 2.00. The van der Waals surface area contributed by atoms with Crippen LogP contribution in [-0.2, 0) is 26.0 Å². The summed E-state index contributed by atoms with van der Waals surface area (Å²) < 4.78 is 44.5. The lowest BCUT2D eigenvalue weighted by molar-refractivity contribution is -0.0276. The molecular formula is C22H30N2O5S. The van der Waals surface area contributed by atoms with Crippen molar-refractivity contribution in [3.63, 3.8) is 0 Å². The highest BCUT2D eigenvalue weighted by Gasteiger charge is 2.23. The molecule has 8 heteroatoms. The monoisotopic (exact) mass is 434 g/mol. The van der Waals surface area contributed by atoms with Gasteiger partial charge in [0.05, 0.1) is 24.2 Å². The van der Waals surface area contributed by atoms with Crippen molar-refractivity contribution >= 4 is 10.0 Å². The van der Waals surface area contributed by atoms with Gasteiger partial charge in [0.15, 0.2) is 0 Å². The number of nitrogens with one attached hydrogen (secondary N) is 1. The van der Waals surface area contributed by atoms with E-state index in [1.54, 1.807) is 25.3 Å². The van der Waals surface area contributed by atoms with E-state index in [1.165, 1.54) is 5.56 Å². The highest BCUT2D eigenvalue weighted by Crippen LogP contribution is 2.22. The van der Waals surface area contributed by atoms with E-state index >= 15 is 0 Å². The van der Waals surface area contributed by atoms with Gasteiger partial charge in [0.25, 0.3) is 0 Å². The van der Waals surface area contributed by atoms with Gasteiger partial charge in [0.2, 0.25) is 10.0 Å². The summed E-state index contributed by atoms with van der Waals surface area (Å²) in [6, 6.07) is 15.1. The Labute approximate surface area is 179 Å². The molecule has 0 radical (unpaired) electrons. The maximum Gasteiger partial charge on any atom is 0.240 e. The second-order valence-corrected chi connectivity index (χ2v) is 9.10. The molecule has 1 atom stereocenters. The predicted octanol–water partition coefficient (Wildman–Crippen LogP) is 2.20. The number of hydrogen-bond donors (Lipinski definition) is 1. The van der Waals surface area contributed by atoms with Gasteiger partial charge in [-0.05, 0) is 36.2 Å². The second kappa shape index (κ2) is 10.9. The minimum Gasteiger partial charge on any atom is -0.491 e. The van der Waals surface area contributed by atoms with Crippen LogP contribution in [0.25, 0.3) is 0 Å². The molecule has 3 rings (SSSR count). The molecule has 164 valence electrons. The summed E-state index contributed by atoms with van der Waals surface area (Å²) >= 11 is 0. The Bertz CT molecular complexity index is 905. The van der Waals surface area contributed by atoms with Crippen molar-refractivity contribution in [3.05, 3.63) is 59.7 Å². The van der Waals surface area contributed by atoms with Crippen molar-refractivity contribution in [2.75, 3.05) is 46.6 Å².